The summed E-state index contributed by atoms with van der Waals surface area (Å²) in [5, 5.41) is 0. The first-order chi connectivity index (χ1) is 7.66. The van der Waals surface area contributed by atoms with Crippen LogP contribution in [0.25, 0.3) is 0 Å². The second-order valence-corrected chi connectivity index (χ2v) is 3.28. The van der Waals surface area contributed by atoms with Crippen molar-refractivity contribution < 1.29 is 13.2 Å². The van der Waals surface area contributed by atoms with Crippen molar-refractivity contribution >= 4 is 0 Å². The minimum absolute atomic E-state index is 0.0765. The molecule has 0 spiro atoms. The number of hydrogen-bond donors (Lipinski definition) is 1. The van der Waals surface area contributed by atoms with E-state index in [1.165, 1.54) is 0 Å². The maximum atomic E-state index is 13.2. The normalized spacial score (nSPS) is 10.4. The summed E-state index contributed by atoms with van der Waals surface area (Å²) >= 11 is 0. The number of benzene rings is 1. The number of hydrogen-bond acceptors (Lipinski definition) is 1. The lowest BCUT2D eigenvalue weighted by atomic mass is 10.2. The highest BCUT2D eigenvalue weighted by Crippen LogP contribution is 2.13. The lowest BCUT2D eigenvalue weighted by Crippen LogP contribution is -2.13. The summed E-state index contributed by atoms with van der Waals surface area (Å²) in [5.74, 6) is -2.99. The van der Waals surface area contributed by atoms with Crippen LogP contribution >= 0.6 is 0 Å². The molecule has 1 aromatic carbocycles. The number of aromatic nitrogens is 1. The lowest BCUT2D eigenvalue weighted by Gasteiger charge is -2.08. The summed E-state index contributed by atoms with van der Waals surface area (Å²) in [6.07, 6.45) is 3.44. The van der Waals surface area contributed by atoms with Crippen LogP contribution in [0, 0.1) is 17.5 Å². The number of rotatable bonds is 3. The first-order valence-corrected chi connectivity index (χ1v) is 4.67. The van der Waals surface area contributed by atoms with Crippen LogP contribution in [0.15, 0.2) is 36.7 Å². The van der Waals surface area contributed by atoms with Gasteiger partial charge in [0.05, 0.1) is 6.54 Å². The van der Waals surface area contributed by atoms with Crippen molar-refractivity contribution in [1.82, 2.24) is 4.68 Å². The lowest BCUT2D eigenvalue weighted by molar-refractivity contribution is 0.490. The van der Waals surface area contributed by atoms with Crippen LogP contribution in [0.2, 0.25) is 0 Å². The Balaban J connectivity index is 2.12. The second kappa shape index (κ2) is 4.30. The van der Waals surface area contributed by atoms with Crippen molar-refractivity contribution in [3.05, 3.63) is 59.7 Å². The molecule has 0 aliphatic rings. The molecule has 2 nitrogen and oxygen atoms in total. The molecule has 1 heterocycles. The van der Waals surface area contributed by atoms with Crippen LogP contribution in [-0.2, 0) is 6.54 Å². The molecule has 0 fully saturated rings. The topological polar surface area (TPSA) is 17.0 Å². The number of nitrogens with one attached hydrogen (secondary N) is 1. The molecule has 0 unspecified atom stereocenters. The average molecular weight is 226 g/mol. The maximum Gasteiger partial charge on any atom is 0.161 e. The van der Waals surface area contributed by atoms with Gasteiger partial charge in [-0.15, -0.1) is 0 Å². The van der Waals surface area contributed by atoms with Crippen LogP contribution < -0.4 is 5.43 Å². The highest BCUT2D eigenvalue weighted by Gasteiger charge is 2.09. The van der Waals surface area contributed by atoms with Crippen LogP contribution in [0.3, 0.4) is 0 Å². The Morgan fingerprint density at radius 1 is 0.938 bits per heavy atom. The molecule has 0 aliphatic heterocycles. The molecule has 0 saturated heterocycles. The summed E-state index contributed by atoms with van der Waals surface area (Å²) in [6, 6.07) is 4.96. The molecule has 1 aromatic heterocycles. The van der Waals surface area contributed by atoms with Gasteiger partial charge in [-0.25, -0.2) is 13.2 Å². The molecule has 5 heteroatoms. The SMILES string of the molecule is Fc1cc(F)c(CNn2cccc2)cc1F. The molecular weight excluding hydrogens is 217 g/mol. The van der Waals surface area contributed by atoms with Crippen molar-refractivity contribution in [2.75, 3.05) is 5.43 Å². The fraction of sp³-hybridized carbons (Fsp3) is 0.0909. The second-order valence-electron chi connectivity index (χ2n) is 3.28. The Hall–Kier alpha value is -1.91. The molecule has 0 amide bonds. The van der Waals surface area contributed by atoms with Gasteiger partial charge in [-0.2, -0.15) is 0 Å². The molecule has 0 radical (unpaired) electrons. The molecule has 0 saturated carbocycles. The van der Waals surface area contributed by atoms with Crippen molar-refractivity contribution in [2.45, 2.75) is 6.54 Å². The average Bonchev–Trinajstić information content (AvgIpc) is 2.74. The summed E-state index contributed by atoms with van der Waals surface area (Å²) < 4.78 is 40.3. The largest absolute Gasteiger partial charge is 0.322 e. The third-order valence-corrected chi connectivity index (χ3v) is 2.15. The molecular formula is C11H9F3N2. The van der Waals surface area contributed by atoms with E-state index in [1.54, 1.807) is 29.2 Å². The zero-order chi connectivity index (χ0) is 11.5. The monoisotopic (exact) mass is 226 g/mol. The number of halogens is 3. The Bertz CT molecular complexity index is 480. The maximum absolute atomic E-state index is 13.2. The molecule has 16 heavy (non-hydrogen) atoms. The van der Waals surface area contributed by atoms with E-state index in [-0.39, 0.29) is 12.1 Å². The molecule has 0 aliphatic carbocycles. The predicted molar refractivity (Wildman–Crippen MR) is 53.8 cm³/mol. The zero-order valence-electron chi connectivity index (χ0n) is 8.25. The predicted octanol–water partition coefficient (Wildman–Crippen LogP) is 2.65. The third kappa shape index (κ3) is 2.18. The van der Waals surface area contributed by atoms with E-state index in [4.69, 9.17) is 0 Å². The van der Waals surface area contributed by atoms with Gasteiger partial charge in [-0.1, -0.05) is 0 Å². The van der Waals surface area contributed by atoms with E-state index in [9.17, 15) is 13.2 Å². The Kier molecular flexibility index (Phi) is 2.85. The van der Waals surface area contributed by atoms with Crippen LogP contribution in [0.4, 0.5) is 13.2 Å². The van der Waals surface area contributed by atoms with E-state index >= 15 is 0 Å². The first kappa shape index (κ1) is 10.6. The Morgan fingerprint density at radius 2 is 1.56 bits per heavy atom. The van der Waals surface area contributed by atoms with Crippen molar-refractivity contribution in [1.29, 1.82) is 0 Å². The van der Waals surface area contributed by atoms with Crippen LogP contribution in [0.1, 0.15) is 5.56 Å². The van der Waals surface area contributed by atoms with Crippen molar-refractivity contribution in [2.24, 2.45) is 0 Å². The van der Waals surface area contributed by atoms with Crippen LogP contribution in [-0.4, -0.2) is 4.68 Å². The van der Waals surface area contributed by atoms with E-state index < -0.39 is 17.5 Å². The van der Waals surface area contributed by atoms with E-state index in [0.717, 1.165) is 6.07 Å². The van der Waals surface area contributed by atoms with E-state index in [2.05, 4.69) is 5.43 Å². The third-order valence-electron chi connectivity index (χ3n) is 2.15. The summed E-state index contributed by atoms with van der Waals surface area (Å²) in [5.41, 5.74) is 2.89. The highest BCUT2D eigenvalue weighted by molar-refractivity contribution is 5.21. The molecule has 2 aromatic rings. The van der Waals surface area contributed by atoms with Crippen molar-refractivity contribution in [3.8, 4) is 0 Å². The van der Waals surface area contributed by atoms with Gasteiger partial charge in [0, 0.05) is 24.0 Å². The fourth-order valence-corrected chi connectivity index (χ4v) is 1.32. The molecule has 2 rings (SSSR count). The van der Waals surface area contributed by atoms with Gasteiger partial charge < -0.3 is 5.43 Å². The smallest absolute Gasteiger partial charge is 0.161 e. The quantitative estimate of drug-likeness (QED) is 0.796. The highest BCUT2D eigenvalue weighted by atomic mass is 19.2. The van der Waals surface area contributed by atoms with E-state index in [0.29, 0.717) is 6.07 Å². The van der Waals surface area contributed by atoms with Gasteiger partial charge in [0.2, 0.25) is 0 Å². The minimum Gasteiger partial charge on any atom is -0.322 e. The molecule has 0 atom stereocenters. The first-order valence-electron chi connectivity index (χ1n) is 4.67. The Morgan fingerprint density at radius 3 is 2.25 bits per heavy atom. The van der Waals surface area contributed by atoms with E-state index in [1.807, 2.05) is 0 Å². The van der Waals surface area contributed by atoms with Gasteiger partial charge in [-0.3, -0.25) is 4.68 Å². The van der Waals surface area contributed by atoms with Gasteiger partial charge >= 0.3 is 0 Å². The molecule has 84 valence electrons. The number of nitrogens with zero attached hydrogens (tertiary/aromatic N) is 1. The summed E-state index contributed by atoms with van der Waals surface area (Å²) in [4.78, 5) is 0. The molecule has 0 bridgehead atoms. The molecule has 1 N–H and O–H groups in total. The van der Waals surface area contributed by atoms with Crippen LogP contribution in [0.5, 0.6) is 0 Å². The van der Waals surface area contributed by atoms with Gasteiger partial charge in [0.15, 0.2) is 11.6 Å². The van der Waals surface area contributed by atoms with Gasteiger partial charge in [-0.05, 0) is 18.2 Å². The minimum atomic E-state index is -1.18. The van der Waals surface area contributed by atoms with Gasteiger partial charge in [0.25, 0.3) is 0 Å². The zero-order valence-corrected chi connectivity index (χ0v) is 8.25. The van der Waals surface area contributed by atoms with Crippen molar-refractivity contribution in [3.63, 3.8) is 0 Å². The van der Waals surface area contributed by atoms with Gasteiger partial charge in [0.1, 0.15) is 5.82 Å². The summed E-state index contributed by atoms with van der Waals surface area (Å²) in [7, 11) is 0. The summed E-state index contributed by atoms with van der Waals surface area (Å²) in [6.45, 7) is 0.0811. The Labute approximate surface area is 90.3 Å². The standard InChI is InChI=1S/C11H9F3N2/c12-9-6-11(14)10(13)5-8(9)7-15-16-3-1-2-4-16/h1-6,15H,7H2. The fourth-order valence-electron chi connectivity index (χ4n) is 1.32.